The van der Waals surface area contributed by atoms with Crippen LogP contribution in [-0.2, 0) is 6.61 Å². The monoisotopic (exact) mass is 276 g/mol. The van der Waals surface area contributed by atoms with Gasteiger partial charge in [0.25, 0.3) is 0 Å². The zero-order valence-electron chi connectivity index (χ0n) is 10.0. The zero-order chi connectivity index (χ0) is 12.7. The second-order valence-electron chi connectivity index (χ2n) is 3.94. The van der Waals surface area contributed by atoms with Crippen LogP contribution in [0.5, 0.6) is 5.75 Å². The fourth-order valence-corrected chi connectivity index (χ4v) is 2.19. The molecule has 0 amide bonds. The van der Waals surface area contributed by atoms with Gasteiger partial charge in [-0.2, -0.15) is 0 Å². The topological polar surface area (TPSA) is 29.5 Å². The summed E-state index contributed by atoms with van der Waals surface area (Å²) in [5.41, 5.74) is 0.637. The van der Waals surface area contributed by atoms with Crippen LogP contribution in [-0.4, -0.2) is 11.7 Å². The lowest BCUT2D eigenvalue weighted by Crippen LogP contribution is -2.01. The summed E-state index contributed by atoms with van der Waals surface area (Å²) in [6.07, 6.45) is 4.56. The van der Waals surface area contributed by atoms with Crippen LogP contribution < -0.4 is 4.74 Å². The molecule has 0 bridgehead atoms. The number of unbranched alkanes of at least 4 members (excludes halogenated alkanes) is 3. The molecule has 2 nitrogen and oxygen atoms in total. The Kier molecular flexibility index (Phi) is 6.71. The summed E-state index contributed by atoms with van der Waals surface area (Å²) in [7, 11) is 0. The average molecular weight is 277 g/mol. The van der Waals surface area contributed by atoms with Crippen molar-refractivity contribution in [3.05, 3.63) is 27.7 Å². The van der Waals surface area contributed by atoms with Crippen LogP contribution in [0.2, 0.25) is 10.0 Å². The number of ether oxygens (including phenoxy) is 1. The van der Waals surface area contributed by atoms with E-state index in [-0.39, 0.29) is 6.61 Å². The first-order chi connectivity index (χ1) is 8.19. The molecule has 0 heterocycles. The van der Waals surface area contributed by atoms with E-state index in [9.17, 15) is 5.11 Å². The Morgan fingerprint density at radius 3 is 2.59 bits per heavy atom. The van der Waals surface area contributed by atoms with E-state index in [0.717, 1.165) is 12.8 Å². The van der Waals surface area contributed by atoms with E-state index in [2.05, 4.69) is 6.92 Å². The first-order valence-electron chi connectivity index (χ1n) is 5.90. The highest BCUT2D eigenvalue weighted by atomic mass is 35.5. The first kappa shape index (κ1) is 14.6. The van der Waals surface area contributed by atoms with Crippen LogP contribution in [0.25, 0.3) is 0 Å². The van der Waals surface area contributed by atoms with E-state index in [1.54, 1.807) is 12.1 Å². The van der Waals surface area contributed by atoms with Crippen molar-refractivity contribution in [2.75, 3.05) is 6.61 Å². The van der Waals surface area contributed by atoms with Crippen molar-refractivity contribution < 1.29 is 9.84 Å². The van der Waals surface area contributed by atoms with Crippen molar-refractivity contribution in [1.82, 2.24) is 0 Å². The molecular formula is C13H18Cl2O2. The second kappa shape index (κ2) is 7.80. The van der Waals surface area contributed by atoms with Gasteiger partial charge in [0.2, 0.25) is 0 Å². The molecule has 0 aliphatic carbocycles. The molecular weight excluding hydrogens is 259 g/mol. The molecule has 0 saturated carbocycles. The molecule has 0 unspecified atom stereocenters. The largest absolute Gasteiger partial charge is 0.492 e. The smallest absolute Gasteiger partial charge is 0.143 e. The van der Waals surface area contributed by atoms with Crippen LogP contribution in [0.4, 0.5) is 0 Å². The summed E-state index contributed by atoms with van der Waals surface area (Å²) in [5, 5.41) is 10.2. The van der Waals surface area contributed by atoms with Gasteiger partial charge in [-0.1, -0.05) is 49.4 Å². The van der Waals surface area contributed by atoms with Gasteiger partial charge in [-0.25, -0.2) is 0 Å². The first-order valence-corrected chi connectivity index (χ1v) is 6.66. The Balaban J connectivity index is 2.57. The summed E-state index contributed by atoms with van der Waals surface area (Å²) in [4.78, 5) is 0. The van der Waals surface area contributed by atoms with Crippen LogP contribution >= 0.6 is 23.2 Å². The number of halogens is 2. The van der Waals surface area contributed by atoms with Crippen LogP contribution in [0.1, 0.15) is 38.2 Å². The lowest BCUT2D eigenvalue weighted by molar-refractivity contribution is 0.260. The highest BCUT2D eigenvalue weighted by Crippen LogP contribution is 2.32. The van der Waals surface area contributed by atoms with E-state index < -0.39 is 0 Å². The number of hydrogen-bond acceptors (Lipinski definition) is 2. The summed E-state index contributed by atoms with van der Waals surface area (Å²) in [5.74, 6) is 0.551. The van der Waals surface area contributed by atoms with Crippen molar-refractivity contribution in [1.29, 1.82) is 0 Å². The van der Waals surface area contributed by atoms with Gasteiger partial charge in [0, 0.05) is 10.6 Å². The molecule has 0 spiro atoms. The van der Waals surface area contributed by atoms with Gasteiger partial charge in [-0.05, 0) is 18.6 Å². The summed E-state index contributed by atoms with van der Waals surface area (Å²) in [6.45, 7) is 2.67. The second-order valence-corrected chi connectivity index (χ2v) is 4.79. The molecule has 17 heavy (non-hydrogen) atoms. The predicted octanol–water partition coefficient (Wildman–Crippen LogP) is 4.44. The van der Waals surface area contributed by atoms with E-state index in [4.69, 9.17) is 27.9 Å². The third-order valence-corrected chi connectivity index (χ3v) is 3.00. The van der Waals surface area contributed by atoms with Gasteiger partial charge in [-0.15, -0.1) is 0 Å². The van der Waals surface area contributed by atoms with Crippen molar-refractivity contribution >= 4 is 23.2 Å². The number of aliphatic hydroxyl groups is 1. The highest BCUT2D eigenvalue weighted by molar-refractivity contribution is 6.35. The molecule has 1 N–H and O–H groups in total. The minimum Gasteiger partial charge on any atom is -0.492 e. The van der Waals surface area contributed by atoms with Crippen LogP contribution in [0.15, 0.2) is 12.1 Å². The molecule has 0 radical (unpaired) electrons. The Labute approximate surface area is 113 Å². The van der Waals surface area contributed by atoms with E-state index in [1.807, 2.05) is 0 Å². The van der Waals surface area contributed by atoms with E-state index in [0.29, 0.717) is 28.0 Å². The minimum absolute atomic E-state index is 0.120. The van der Waals surface area contributed by atoms with E-state index in [1.165, 1.54) is 12.8 Å². The Hall–Kier alpha value is -0.440. The zero-order valence-corrected chi connectivity index (χ0v) is 11.5. The third-order valence-electron chi connectivity index (χ3n) is 2.50. The Bertz CT molecular complexity index is 354. The third kappa shape index (κ3) is 4.74. The molecule has 0 aliphatic heterocycles. The SMILES string of the molecule is CCCCCCOc1c(Cl)cc(Cl)cc1CO. The standard InChI is InChI=1S/C13H18Cl2O2/c1-2-3-4-5-6-17-13-10(9-16)7-11(14)8-12(13)15/h7-8,16H,2-6,9H2,1H3. The fraction of sp³-hybridized carbons (Fsp3) is 0.538. The van der Waals surface area contributed by atoms with Crippen molar-refractivity contribution in [3.63, 3.8) is 0 Å². The predicted molar refractivity (Wildman–Crippen MR) is 72.0 cm³/mol. The molecule has 0 fully saturated rings. The summed E-state index contributed by atoms with van der Waals surface area (Å²) >= 11 is 11.9. The van der Waals surface area contributed by atoms with E-state index >= 15 is 0 Å². The maximum absolute atomic E-state index is 9.21. The van der Waals surface area contributed by atoms with Gasteiger partial charge < -0.3 is 9.84 Å². The Morgan fingerprint density at radius 2 is 1.94 bits per heavy atom. The molecule has 4 heteroatoms. The van der Waals surface area contributed by atoms with Crippen LogP contribution in [0.3, 0.4) is 0 Å². The lowest BCUT2D eigenvalue weighted by Gasteiger charge is -2.12. The normalized spacial score (nSPS) is 10.6. The molecule has 1 aromatic carbocycles. The van der Waals surface area contributed by atoms with Gasteiger partial charge in [0.15, 0.2) is 0 Å². The van der Waals surface area contributed by atoms with Gasteiger partial charge >= 0.3 is 0 Å². The average Bonchev–Trinajstić information content (AvgIpc) is 2.30. The molecule has 1 rings (SSSR count). The van der Waals surface area contributed by atoms with Crippen LogP contribution in [0, 0.1) is 0 Å². The van der Waals surface area contributed by atoms with Crippen molar-refractivity contribution in [2.45, 2.75) is 39.2 Å². The molecule has 0 atom stereocenters. The maximum atomic E-state index is 9.21. The molecule has 0 aliphatic rings. The maximum Gasteiger partial charge on any atom is 0.143 e. The number of hydrogen-bond donors (Lipinski definition) is 1. The molecule has 0 saturated heterocycles. The van der Waals surface area contributed by atoms with Gasteiger partial charge in [-0.3, -0.25) is 0 Å². The lowest BCUT2D eigenvalue weighted by atomic mass is 10.2. The number of rotatable bonds is 7. The van der Waals surface area contributed by atoms with Gasteiger partial charge in [0.1, 0.15) is 5.75 Å². The summed E-state index contributed by atoms with van der Waals surface area (Å²) < 4.78 is 5.61. The number of aliphatic hydroxyl groups excluding tert-OH is 1. The Morgan fingerprint density at radius 1 is 1.18 bits per heavy atom. The minimum atomic E-state index is -0.120. The van der Waals surface area contributed by atoms with Crippen molar-refractivity contribution in [3.8, 4) is 5.75 Å². The summed E-state index contributed by atoms with van der Waals surface area (Å²) in [6, 6.07) is 3.30. The number of benzene rings is 1. The quantitative estimate of drug-likeness (QED) is 0.746. The highest BCUT2D eigenvalue weighted by Gasteiger charge is 2.09. The molecule has 96 valence electrons. The molecule has 0 aromatic heterocycles. The fourth-order valence-electron chi connectivity index (χ4n) is 1.60. The van der Waals surface area contributed by atoms with Gasteiger partial charge in [0.05, 0.1) is 18.2 Å². The molecule has 1 aromatic rings. The van der Waals surface area contributed by atoms with Crippen molar-refractivity contribution in [2.24, 2.45) is 0 Å².